The predicted octanol–water partition coefficient (Wildman–Crippen LogP) is -0.0435. The summed E-state index contributed by atoms with van der Waals surface area (Å²) in [4.78, 5) is 22.9. The lowest BCUT2D eigenvalue weighted by atomic mass is 10.0. The first-order chi connectivity index (χ1) is 9.01. The van der Waals surface area contributed by atoms with Gasteiger partial charge in [0.1, 0.15) is 17.1 Å². The van der Waals surface area contributed by atoms with Crippen LogP contribution in [0.25, 0.3) is 6.08 Å². The molecule has 0 radical (unpaired) electrons. The summed E-state index contributed by atoms with van der Waals surface area (Å²) in [5.41, 5.74) is 0.525. The maximum Gasteiger partial charge on any atom is 0.327 e. The van der Waals surface area contributed by atoms with E-state index < -0.39 is 17.8 Å². The van der Waals surface area contributed by atoms with Gasteiger partial charge in [0.05, 0.1) is 7.11 Å². The van der Waals surface area contributed by atoms with E-state index in [1.165, 1.54) is 13.2 Å². The quantitative estimate of drug-likeness (QED) is 0.659. The molecular weight excluding hydrogens is 252 g/mol. The van der Waals surface area contributed by atoms with Crippen molar-refractivity contribution in [1.82, 2.24) is 10.6 Å². The van der Waals surface area contributed by atoms with Crippen LogP contribution in [-0.4, -0.2) is 30.1 Å². The van der Waals surface area contributed by atoms with Crippen molar-refractivity contribution in [3.63, 3.8) is 0 Å². The lowest BCUT2D eigenvalue weighted by Crippen LogP contribution is -2.65. The van der Waals surface area contributed by atoms with Crippen molar-refractivity contribution >= 4 is 18.0 Å². The molecule has 7 heteroatoms. The van der Waals surface area contributed by atoms with Crippen molar-refractivity contribution in [1.29, 1.82) is 0 Å². The van der Waals surface area contributed by atoms with Gasteiger partial charge in [-0.05, 0) is 18.2 Å². The van der Waals surface area contributed by atoms with Crippen LogP contribution in [-0.2, 0) is 4.79 Å². The first-order valence-corrected chi connectivity index (χ1v) is 5.47. The van der Waals surface area contributed by atoms with Gasteiger partial charge >= 0.3 is 11.9 Å². The number of benzene rings is 1. The fourth-order valence-electron chi connectivity index (χ4n) is 1.98. The number of amides is 3. The van der Waals surface area contributed by atoms with Crippen molar-refractivity contribution in [2.75, 3.05) is 7.11 Å². The summed E-state index contributed by atoms with van der Waals surface area (Å²) in [6, 6.07) is 4.11. The number of hydrogen-bond acceptors (Lipinski definition) is 5. The highest BCUT2D eigenvalue weighted by atomic mass is 16.6. The number of carbonyl (C=O) groups excluding carboxylic acids is 2. The van der Waals surface area contributed by atoms with E-state index in [9.17, 15) is 14.7 Å². The van der Waals surface area contributed by atoms with Crippen molar-refractivity contribution in [2.45, 2.75) is 5.91 Å². The maximum absolute atomic E-state index is 11.7. The van der Waals surface area contributed by atoms with Crippen LogP contribution in [0.1, 0.15) is 5.56 Å². The van der Waals surface area contributed by atoms with Crippen LogP contribution in [0.4, 0.5) is 4.79 Å². The maximum atomic E-state index is 11.7. The minimum atomic E-state index is -2.15. The molecule has 1 saturated heterocycles. The average molecular weight is 262 g/mol. The predicted molar refractivity (Wildman–Crippen MR) is 63.2 cm³/mol. The molecular formula is C12H10N2O5. The minimum absolute atomic E-state index is 0.0789. The zero-order chi connectivity index (χ0) is 13.6. The van der Waals surface area contributed by atoms with E-state index in [4.69, 9.17) is 9.47 Å². The van der Waals surface area contributed by atoms with Gasteiger partial charge in [0.25, 0.3) is 5.91 Å². The number of urea groups is 1. The van der Waals surface area contributed by atoms with E-state index in [0.717, 1.165) is 0 Å². The van der Waals surface area contributed by atoms with Crippen LogP contribution in [0, 0.1) is 0 Å². The molecule has 3 N–H and O–H groups in total. The molecule has 0 bridgehead atoms. The molecule has 1 aromatic rings. The third kappa shape index (κ3) is 1.71. The molecule has 1 fully saturated rings. The van der Waals surface area contributed by atoms with Gasteiger partial charge in [-0.1, -0.05) is 0 Å². The molecule has 2 heterocycles. The third-order valence-corrected chi connectivity index (χ3v) is 2.90. The van der Waals surface area contributed by atoms with Gasteiger partial charge in [0, 0.05) is 11.6 Å². The molecule has 3 rings (SSSR count). The summed E-state index contributed by atoms with van der Waals surface area (Å²) < 4.78 is 10.4. The Morgan fingerprint density at radius 3 is 2.89 bits per heavy atom. The standard InChI is InChI=1S/C12H10N2O5/c1-18-7-3-2-6-4-8-10(15)13-11(16)14-12(8,17)19-9(6)5-7/h2-5,17H,1H3,(H2,13,14,15,16). The van der Waals surface area contributed by atoms with Crippen molar-refractivity contribution in [3.05, 3.63) is 29.3 Å². The largest absolute Gasteiger partial charge is 0.497 e. The van der Waals surface area contributed by atoms with E-state index in [1.807, 2.05) is 5.32 Å². The fraction of sp³-hybridized carbons (Fsp3) is 0.167. The van der Waals surface area contributed by atoms with E-state index in [1.54, 1.807) is 18.2 Å². The van der Waals surface area contributed by atoms with Crippen LogP contribution in [0.15, 0.2) is 23.8 Å². The molecule has 1 aromatic carbocycles. The Kier molecular flexibility index (Phi) is 2.26. The Balaban J connectivity index is 2.11. The van der Waals surface area contributed by atoms with Crippen LogP contribution in [0.5, 0.6) is 11.5 Å². The molecule has 2 aliphatic heterocycles. The highest BCUT2D eigenvalue weighted by molar-refractivity contribution is 6.11. The van der Waals surface area contributed by atoms with Crippen LogP contribution in [0.2, 0.25) is 0 Å². The van der Waals surface area contributed by atoms with E-state index in [2.05, 4.69) is 5.32 Å². The summed E-state index contributed by atoms with van der Waals surface area (Å²) in [6.07, 6.45) is 1.45. The number of methoxy groups -OCH3 is 1. The number of rotatable bonds is 1. The topological polar surface area (TPSA) is 96.9 Å². The zero-order valence-electron chi connectivity index (χ0n) is 9.89. The number of fused-ring (bicyclic) bond motifs is 2. The second-order valence-electron chi connectivity index (χ2n) is 4.12. The van der Waals surface area contributed by atoms with E-state index in [0.29, 0.717) is 17.1 Å². The van der Waals surface area contributed by atoms with Gasteiger partial charge in [-0.3, -0.25) is 15.4 Å². The van der Waals surface area contributed by atoms with Gasteiger partial charge in [0.2, 0.25) is 0 Å². The number of nitrogens with one attached hydrogen (secondary N) is 2. The summed E-state index contributed by atoms with van der Waals surface area (Å²) in [6.45, 7) is 0. The minimum Gasteiger partial charge on any atom is -0.497 e. The summed E-state index contributed by atoms with van der Waals surface area (Å²) in [5.74, 6) is -2.02. The van der Waals surface area contributed by atoms with Gasteiger partial charge < -0.3 is 14.6 Å². The normalized spacial score (nSPS) is 24.2. The molecule has 3 amide bonds. The molecule has 19 heavy (non-hydrogen) atoms. The smallest absolute Gasteiger partial charge is 0.327 e. The molecule has 2 aliphatic rings. The van der Waals surface area contributed by atoms with Gasteiger partial charge in [0.15, 0.2) is 0 Å². The summed E-state index contributed by atoms with van der Waals surface area (Å²) in [5, 5.41) is 14.4. The molecule has 0 saturated carbocycles. The van der Waals surface area contributed by atoms with Crippen LogP contribution >= 0.6 is 0 Å². The first kappa shape index (κ1) is 11.5. The Hall–Kier alpha value is -2.54. The Morgan fingerprint density at radius 2 is 2.16 bits per heavy atom. The monoisotopic (exact) mass is 262 g/mol. The molecule has 1 atom stereocenters. The lowest BCUT2D eigenvalue weighted by Gasteiger charge is -2.37. The fourth-order valence-corrected chi connectivity index (χ4v) is 1.98. The second-order valence-corrected chi connectivity index (χ2v) is 4.12. The molecule has 7 nitrogen and oxygen atoms in total. The highest BCUT2D eigenvalue weighted by Crippen LogP contribution is 2.36. The van der Waals surface area contributed by atoms with E-state index >= 15 is 0 Å². The average Bonchev–Trinajstić information content (AvgIpc) is 2.35. The number of carbonyl (C=O) groups is 2. The number of imide groups is 1. The van der Waals surface area contributed by atoms with Crippen molar-refractivity contribution in [2.24, 2.45) is 0 Å². The molecule has 0 aliphatic carbocycles. The Bertz CT molecular complexity index is 625. The highest BCUT2D eigenvalue weighted by Gasteiger charge is 2.47. The van der Waals surface area contributed by atoms with E-state index in [-0.39, 0.29) is 5.57 Å². The number of aliphatic hydroxyl groups is 1. The lowest BCUT2D eigenvalue weighted by molar-refractivity contribution is -0.145. The van der Waals surface area contributed by atoms with Gasteiger partial charge in [-0.2, -0.15) is 0 Å². The SMILES string of the molecule is COc1ccc2c(c1)OC1(O)NC(=O)NC(=O)C1=C2. The Morgan fingerprint density at radius 1 is 1.37 bits per heavy atom. The Labute approximate surface area is 107 Å². The van der Waals surface area contributed by atoms with Crippen molar-refractivity contribution < 1.29 is 24.2 Å². The van der Waals surface area contributed by atoms with Crippen molar-refractivity contribution in [3.8, 4) is 11.5 Å². The second kappa shape index (κ2) is 3.72. The number of hydrogen-bond donors (Lipinski definition) is 3. The van der Waals surface area contributed by atoms with Gasteiger partial charge in [-0.15, -0.1) is 0 Å². The zero-order valence-corrected chi connectivity index (χ0v) is 9.89. The van der Waals surface area contributed by atoms with Crippen LogP contribution in [0.3, 0.4) is 0 Å². The molecule has 1 unspecified atom stereocenters. The van der Waals surface area contributed by atoms with Crippen LogP contribution < -0.4 is 20.1 Å². The molecule has 98 valence electrons. The summed E-state index contributed by atoms with van der Waals surface area (Å²) >= 11 is 0. The third-order valence-electron chi connectivity index (χ3n) is 2.90. The van der Waals surface area contributed by atoms with Gasteiger partial charge in [-0.25, -0.2) is 4.79 Å². The summed E-state index contributed by atoms with van der Waals surface area (Å²) in [7, 11) is 1.50. The molecule has 0 spiro atoms. The molecule has 0 aromatic heterocycles. The number of ether oxygens (including phenoxy) is 2. The first-order valence-electron chi connectivity index (χ1n) is 5.47.